The average Bonchev–Trinajstić information content (AvgIpc) is 3.35. The molecule has 0 aliphatic heterocycles. The van der Waals surface area contributed by atoms with E-state index in [0.29, 0.717) is 12.2 Å². The molecule has 1 unspecified atom stereocenters. The zero-order valence-corrected chi connectivity index (χ0v) is 14.7. The molecule has 4 aromatic rings. The first-order valence-electron chi connectivity index (χ1n) is 8.54. The minimum absolute atomic E-state index is 0.153. The van der Waals surface area contributed by atoms with E-state index in [1.165, 1.54) is 0 Å². The molecule has 132 valence electrons. The van der Waals surface area contributed by atoms with Crippen molar-refractivity contribution in [3.8, 4) is 0 Å². The van der Waals surface area contributed by atoms with Gasteiger partial charge in [0.05, 0.1) is 12.0 Å². The molecule has 0 radical (unpaired) electrons. The van der Waals surface area contributed by atoms with Crippen molar-refractivity contribution in [3.63, 3.8) is 0 Å². The molecule has 1 amide bonds. The topological polar surface area (TPSA) is 75.8 Å². The second kappa shape index (κ2) is 6.55. The number of amides is 1. The first-order valence-corrected chi connectivity index (χ1v) is 8.54. The summed E-state index contributed by atoms with van der Waals surface area (Å²) in [4.78, 5) is 15.8. The molecular formula is C20H20N4O2. The van der Waals surface area contributed by atoms with Gasteiger partial charge in [-0.15, -0.1) is 0 Å². The van der Waals surface area contributed by atoms with Gasteiger partial charge >= 0.3 is 0 Å². The monoisotopic (exact) mass is 348 g/mol. The molecule has 0 aliphatic rings. The Labute approximate surface area is 150 Å². The van der Waals surface area contributed by atoms with E-state index >= 15 is 0 Å². The van der Waals surface area contributed by atoms with E-state index in [9.17, 15) is 4.79 Å². The molecule has 6 nitrogen and oxygen atoms in total. The average molecular weight is 348 g/mol. The zero-order valence-electron chi connectivity index (χ0n) is 14.7. The van der Waals surface area contributed by atoms with E-state index in [-0.39, 0.29) is 11.9 Å². The molecule has 0 bridgehead atoms. The number of carbonyl (C=O) groups excluding carboxylic acids is 1. The van der Waals surface area contributed by atoms with Gasteiger partial charge in [0.1, 0.15) is 17.5 Å². The second-order valence-electron chi connectivity index (χ2n) is 6.38. The Balaban J connectivity index is 1.56. The third kappa shape index (κ3) is 3.01. The highest BCUT2D eigenvalue weighted by Gasteiger charge is 2.21. The summed E-state index contributed by atoms with van der Waals surface area (Å²) in [7, 11) is 0. The summed E-state index contributed by atoms with van der Waals surface area (Å²) < 4.78 is 7.47. The van der Waals surface area contributed by atoms with Crippen LogP contribution in [-0.2, 0) is 0 Å². The number of nitrogens with one attached hydrogen (secondary N) is 2. The quantitative estimate of drug-likeness (QED) is 0.579. The summed E-state index contributed by atoms with van der Waals surface area (Å²) >= 11 is 0. The first kappa shape index (κ1) is 16.2. The van der Waals surface area contributed by atoms with Crippen LogP contribution in [-0.4, -0.2) is 27.2 Å². The van der Waals surface area contributed by atoms with E-state index in [1.807, 2.05) is 67.1 Å². The van der Waals surface area contributed by atoms with Crippen molar-refractivity contribution < 1.29 is 9.21 Å². The number of rotatable bonds is 5. The van der Waals surface area contributed by atoms with Gasteiger partial charge in [-0.25, -0.2) is 0 Å². The number of aromatic nitrogens is 3. The number of nitrogens with zero attached hydrogens (tertiary/aromatic N) is 2. The Morgan fingerprint density at radius 2 is 2.08 bits per heavy atom. The van der Waals surface area contributed by atoms with Crippen LogP contribution in [0.2, 0.25) is 0 Å². The molecule has 0 saturated heterocycles. The molecular weight excluding hydrogens is 328 g/mol. The number of hydrogen-bond acceptors (Lipinski definition) is 3. The standard InChI is InChI=1S/C20H20N4O2/c1-13-10-14(2)24(23-13)18(19-8-5-9-26-19)12-21-20(25)17-11-15-6-3-4-7-16(15)22-17/h3-11,18,22H,12H2,1-2H3,(H,21,25). The van der Waals surface area contributed by atoms with Gasteiger partial charge in [-0.1, -0.05) is 18.2 Å². The maximum absolute atomic E-state index is 12.6. The maximum atomic E-state index is 12.6. The van der Waals surface area contributed by atoms with Gasteiger partial charge in [0.2, 0.25) is 0 Å². The van der Waals surface area contributed by atoms with Crippen LogP contribution in [0.15, 0.2) is 59.2 Å². The third-order valence-electron chi connectivity index (χ3n) is 4.44. The van der Waals surface area contributed by atoms with Crippen LogP contribution in [0.1, 0.15) is 33.7 Å². The number of para-hydroxylation sites is 1. The fourth-order valence-corrected chi connectivity index (χ4v) is 3.23. The Hall–Kier alpha value is -3.28. The van der Waals surface area contributed by atoms with Crippen LogP contribution in [0.3, 0.4) is 0 Å². The van der Waals surface area contributed by atoms with E-state index in [4.69, 9.17) is 4.42 Å². The van der Waals surface area contributed by atoms with Crippen LogP contribution in [0.5, 0.6) is 0 Å². The lowest BCUT2D eigenvalue weighted by molar-refractivity contribution is 0.0943. The zero-order chi connectivity index (χ0) is 18.1. The van der Waals surface area contributed by atoms with E-state index in [0.717, 1.165) is 28.1 Å². The number of aromatic amines is 1. The number of carbonyl (C=O) groups is 1. The van der Waals surface area contributed by atoms with Gasteiger partial charge in [-0.05, 0) is 44.2 Å². The molecule has 1 atom stereocenters. The minimum atomic E-state index is -0.202. The summed E-state index contributed by atoms with van der Waals surface area (Å²) in [6.45, 7) is 4.32. The van der Waals surface area contributed by atoms with Crippen molar-refractivity contribution in [1.29, 1.82) is 0 Å². The number of benzene rings is 1. The largest absolute Gasteiger partial charge is 0.467 e. The van der Waals surface area contributed by atoms with Crippen LogP contribution in [0, 0.1) is 13.8 Å². The number of furan rings is 1. The lowest BCUT2D eigenvalue weighted by Gasteiger charge is -2.17. The first-order chi connectivity index (χ1) is 12.6. The summed E-state index contributed by atoms with van der Waals surface area (Å²) in [6, 6.07) is 15.2. The van der Waals surface area contributed by atoms with Crippen molar-refractivity contribution in [2.45, 2.75) is 19.9 Å². The van der Waals surface area contributed by atoms with Crippen molar-refractivity contribution in [3.05, 3.63) is 77.6 Å². The van der Waals surface area contributed by atoms with Gasteiger partial charge in [0, 0.05) is 23.1 Å². The lowest BCUT2D eigenvalue weighted by Crippen LogP contribution is -2.32. The number of aryl methyl sites for hydroxylation is 2. The normalized spacial score (nSPS) is 12.4. The van der Waals surface area contributed by atoms with Crippen molar-refractivity contribution in [2.75, 3.05) is 6.54 Å². The Kier molecular flexibility index (Phi) is 4.08. The van der Waals surface area contributed by atoms with Crippen LogP contribution in [0.4, 0.5) is 0 Å². The Morgan fingerprint density at radius 1 is 1.23 bits per heavy atom. The molecule has 0 spiro atoms. The van der Waals surface area contributed by atoms with Crippen molar-refractivity contribution >= 4 is 16.8 Å². The fraction of sp³-hybridized carbons (Fsp3) is 0.200. The van der Waals surface area contributed by atoms with Crippen LogP contribution >= 0.6 is 0 Å². The summed E-state index contributed by atoms with van der Waals surface area (Å²) in [5, 5.41) is 8.55. The van der Waals surface area contributed by atoms with Gasteiger partial charge in [-0.3, -0.25) is 9.48 Å². The molecule has 0 fully saturated rings. The Morgan fingerprint density at radius 3 is 2.77 bits per heavy atom. The molecule has 0 aliphatic carbocycles. The Bertz CT molecular complexity index is 1010. The number of H-pyrrole nitrogens is 1. The molecule has 26 heavy (non-hydrogen) atoms. The molecule has 3 heterocycles. The fourth-order valence-electron chi connectivity index (χ4n) is 3.23. The van der Waals surface area contributed by atoms with Gasteiger partial charge in [-0.2, -0.15) is 5.10 Å². The maximum Gasteiger partial charge on any atom is 0.267 e. The van der Waals surface area contributed by atoms with Gasteiger partial charge < -0.3 is 14.7 Å². The summed E-state index contributed by atoms with van der Waals surface area (Å²) in [5.41, 5.74) is 3.43. The highest BCUT2D eigenvalue weighted by molar-refractivity contribution is 5.97. The number of fused-ring (bicyclic) bond motifs is 1. The highest BCUT2D eigenvalue weighted by atomic mass is 16.3. The van der Waals surface area contributed by atoms with E-state index in [2.05, 4.69) is 15.4 Å². The summed E-state index contributed by atoms with van der Waals surface area (Å²) in [6.07, 6.45) is 1.63. The molecule has 0 saturated carbocycles. The van der Waals surface area contributed by atoms with Crippen LogP contribution in [0.25, 0.3) is 10.9 Å². The second-order valence-corrected chi connectivity index (χ2v) is 6.38. The van der Waals surface area contributed by atoms with Crippen LogP contribution < -0.4 is 5.32 Å². The lowest BCUT2D eigenvalue weighted by atomic mass is 10.2. The number of hydrogen-bond donors (Lipinski definition) is 2. The predicted octanol–water partition coefficient (Wildman–Crippen LogP) is 3.59. The smallest absolute Gasteiger partial charge is 0.267 e. The highest BCUT2D eigenvalue weighted by Crippen LogP contribution is 2.21. The van der Waals surface area contributed by atoms with Crippen molar-refractivity contribution in [1.82, 2.24) is 20.1 Å². The minimum Gasteiger partial charge on any atom is -0.467 e. The van der Waals surface area contributed by atoms with E-state index in [1.54, 1.807) is 6.26 Å². The van der Waals surface area contributed by atoms with Gasteiger partial charge in [0.25, 0.3) is 5.91 Å². The summed E-state index contributed by atoms with van der Waals surface area (Å²) in [5.74, 6) is 0.604. The molecule has 3 aromatic heterocycles. The van der Waals surface area contributed by atoms with E-state index < -0.39 is 0 Å². The molecule has 2 N–H and O–H groups in total. The molecule has 4 rings (SSSR count). The molecule has 1 aromatic carbocycles. The SMILES string of the molecule is Cc1cc(C)n(C(CNC(=O)c2cc3ccccc3[nH]2)c2ccco2)n1. The third-order valence-corrected chi connectivity index (χ3v) is 4.44. The van der Waals surface area contributed by atoms with Gasteiger partial charge in [0.15, 0.2) is 0 Å². The molecule has 6 heteroatoms. The predicted molar refractivity (Wildman–Crippen MR) is 99.2 cm³/mol. The van der Waals surface area contributed by atoms with Crippen molar-refractivity contribution in [2.24, 2.45) is 0 Å².